The summed E-state index contributed by atoms with van der Waals surface area (Å²) in [6.45, 7) is 2.23. The summed E-state index contributed by atoms with van der Waals surface area (Å²) < 4.78 is 0. The molecule has 114 valence electrons. The molecule has 0 aromatic carbocycles. The van der Waals surface area contributed by atoms with Crippen LogP contribution >= 0.6 is 0 Å². The molecule has 20 heavy (non-hydrogen) atoms. The van der Waals surface area contributed by atoms with Crippen LogP contribution in [0.3, 0.4) is 0 Å². The first-order chi connectivity index (χ1) is 9.77. The van der Waals surface area contributed by atoms with Gasteiger partial charge in [-0.3, -0.25) is 4.79 Å². The molecule has 0 aromatic heterocycles. The van der Waals surface area contributed by atoms with E-state index in [1.807, 2.05) is 0 Å². The summed E-state index contributed by atoms with van der Waals surface area (Å²) in [5.74, 6) is -0.195. The fourth-order valence-electron chi connectivity index (χ4n) is 1.85. The molecule has 0 aromatic rings. The third-order valence-electron chi connectivity index (χ3n) is 3.06. The second-order valence-corrected chi connectivity index (χ2v) is 5.09. The first kappa shape index (κ1) is 18.7. The van der Waals surface area contributed by atoms with Gasteiger partial charge >= 0.3 is 0 Å². The van der Waals surface area contributed by atoms with E-state index < -0.39 is 0 Å². The number of hydrogen-bond acceptors (Lipinski definition) is 1. The van der Waals surface area contributed by atoms with Crippen LogP contribution in [0.1, 0.15) is 71.1 Å². The van der Waals surface area contributed by atoms with Crippen LogP contribution in [0.5, 0.6) is 0 Å². The van der Waals surface area contributed by atoms with Gasteiger partial charge in [0, 0.05) is 6.42 Å². The average molecular weight is 277 g/mol. The minimum Gasteiger partial charge on any atom is -0.370 e. The van der Waals surface area contributed by atoms with E-state index in [4.69, 9.17) is 5.73 Å². The molecule has 0 saturated heterocycles. The van der Waals surface area contributed by atoms with Crippen LogP contribution in [0, 0.1) is 0 Å². The van der Waals surface area contributed by atoms with E-state index in [9.17, 15) is 4.79 Å². The van der Waals surface area contributed by atoms with Crippen molar-refractivity contribution in [3.05, 3.63) is 36.5 Å². The standard InChI is InChI=1S/C18H31NO/c1-2-3-4-5-6-7-8-9-10-11-12-13-14-15-16-17-18(19)20/h6-7,9-10,12-13H,2-5,8,11,14-17H2,1H3,(H2,19,20). The van der Waals surface area contributed by atoms with Gasteiger partial charge in [-0.2, -0.15) is 0 Å². The molecule has 1 amide bonds. The van der Waals surface area contributed by atoms with E-state index in [0.29, 0.717) is 6.42 Å². The molecular weight excluding hydrogens is 246 g/mol. The summed E-state index contributed by atoms with van der Waals surface area (Å²) in [5.41, 5.74) is 5.08. The number of nitrogens with two attached hydrogens (primary N) is 1. The second-order valence-electron chi connectivity index (χ2n) is 5.09. The van der Waals surface area contributed by atoms with Gasteiger partial charge in [0.1, 0.15) is 0 Å². The highest BCUT2D eigenvalue weighted by Crippen LogP contribution is 2.02. The maximum absolute atomic E-state index is 10.5. The number of amides is 1. The van der Waals surface area contributed by atoms with Crippen molar-refractivity contribution in [2.75, 3.05) is 0 Å². The highest BCUT2D eigenvalue weighted by atomic mass is 16.1. The Morgan fingerprint density at radius 3 is 1.80 bits per heavy atom. The van der Waals surface area contributed by atoms with E-state index >= 15 is 0 Å². The van der Waals surface area contributed by atoms with Crippen molar-refractivity contribution in [1.29, 1.82) is 0 Å². The summed E-state index contributed by atoms with van der Waals surface area (Å²) in [6.07, 6.45) is 24.0. The number of carbonyl (C=O) groups excluding carboxylic acids is 1. The Balaban J connectivity index is 3.32. The molecule has 0 aliphatic rings. The molecule has 0 atom stereocenters. The largest absolute Gasteiger partial charge is 0.370 e. The molecule has 2 N–H and O–H groups in total. The number of carbonyl (C=O) groups is 1. The quantitative estimate of drug-likeness (QED) is 0.371. The van der Waals surface area contributed by atoms with Crippen LogP contribution in [0.15, 0.2) is 36.5 Å². The van der Waals surface area contributed by atoms with Crippen LogP contribution in [0.4, 0.5) is 0 Å². The zero-order valence-electron chi connectivity index (χ0n) is 13.0. The Morgan fingerprint density at radius 2 is 1.30 bits per heavy atom. The molecule has 0 rings (SSSR count). The molecule has 0 heterocycles. The molecule has 2 heteroatoms. The van der Waals surface area contributed by atoms with Crippen LogP contribution in [0.2, 0.25) is 0 Å². The lowest BCUT2D eigenvalue weighted by Crippen LogP contribution is -2.09. The van der Waals surface area contributed by atoms with Crippen molar-refractivity contribution >= 4 is 5.91 Å². The zero-order chi connectivity index (χ0) is 14.9. The summed E-state index contributed by atoms with van der Waals surface area (Å²) >= 11 is 0. The molecule has 2 nitrogen and oxygen atoms in total. The summed E-state index contributed by atoms with van der Waals surface area (Å²) in [7, 11) is 0. The van der Waals surface area contributed by atoms with Gasteiger partial charge in [0.25, 0.3) is 0 Å². The Labute approximate surface area is 124 Å². The molecule has 0 unspecified atom stereocenters. The number of rotatable bonds is 13. The molecule has 0 aliphatic heterocycles. The summed E-state index contributed by atoms with van der Waals surface area (Å²) in [4.78, 5) is 10.5. The number of hydrogen-bond donors (Lipinski definition) is 1. The van der Waals surface area contributed by atoms with Crippen molar-refractivity contribution in [2.24, 2.45) is 5.73 Å². The predicted molar refractivity (Wildman–Crippen MR) is 88.5 cm³/mol. The first-order valence-corrected chi connectivity index (χ1v) is 8.00. The van der Waals surface area contributed by atoms with Gasteiger partial charge in [0.2, 0.25) is 5.91 Å². The molecule has 0 aliphatic carbocycles. The maximum Gasteiger partial charge on any atom is 0.217 e. The summed E-state index contributed by atoms with van der Waals surface area (Å²) in [6, 6.07) is 0. The normalized spacial score (nSPS) is 12.1. The minimum atomic E-state index is -0.195. The van der Waals surface area contributed by atoms with E-state index in [1.165, 1.54) is 25.7 Å². The smallest absolute Gasteiger partial charge is 0.217 e. The lowest BCUT2D eigenvalue weighted by molar-refractivity contribution is -0.118. The van der Waals surface area contributed by atoms with Gasteiger partial charge in [-0.15, -0.1) is 0 Å². The minimum absolute atomic E-state index is 0.195. The van der Waals surface area contributed by atoms with Gasteiger partial charge in [0.15, 0.2) is 0 Å². The Kier molecular flexibility index (Phi) is 14.7. The fraction of sp³-hybridized carbons (Fsp3) is 0.611. The highest BCUT2D eigenvalue weighted by Gasteiger charge is 1.91. The summed E-state index contributed by atoms with van der Waals surface area (Å²) in [5, 5.41) is 0. The van der Waals surface area contributed by atoms with Crippen molar-refractivity contribution in [2.45, 2.75) is 71.1 Å². The SMILES string of the molecule is CCCCCC=CCC=CCC=CCCCCC(N)=O. The van der Waals surface area contributed by atoms with Gasteiger partial charge in [-0.1, -0.05) is 56.2 Å². The van der Waals surface area contributed by atoms with Gasteiger partial charge in [0.05, 0.1) is 0 Å². The van der Waals surface area contributed by atoms with Gasteiger partial charge in [-0.25, -0.2) is 0 Å². The molecule has 0 spiro atoms. The average Bonchev–Trinajstić information content (AvgIpc) is 2.43. The first-order valence-electron chi connectivity index (χ1n) is 8.00. The number of unbranched alkanes of at least 4 members (excludes halogenated alkanes) is 5. The number of primary amides is 1. The molecule has 0 bridgehead atoms. The Bertz CT molecular complexity index is 303. The lowest BCUT2D eigenvalue weighted by Gasteiger charge is -1.93. The third kappa shape index (κ3) is 16.7. The van der Waals surface area contributed by atoms with Gasteiger partial charge < -0.3 is 5.73 Å². The van der Waals surface area contributed by atoms with Crippen LogP contribution in [-0.4, -0.2) is 5.91 Å². The molecule has 0 radical (unpaired) electrons. The molecule has 0 saturated carbocycles. The molecular formula is C18H31NO. The zero-order valence-corrected chi connectivity index (χ0v) is 13.0. The number of allylic oxidation sites excluding steroid dienone is 6. The van der Waals surface area contributed by atoms with E-state index in [0.717, 1.165) is 32.1 Å². The second kappa shape index (κ2) is 15.7. The van der Waals surface area contributed by atoms with Crippen molar-refractivity contribution in [3.8, 4) is 0 Å². The fourth-order valence-corrected chi connectivity index (χ4v) is 1.85. The third-order valence-corrected chi connectivity index (χ3v) is 3.06. The maximum atomic E-state index is 10.5. The predicted octanol–water partition coefficient (Wildman–Crippen LogP) is 5.06. The van der Waals surface area contributed by atoms with Crippen LogP contribution in [-0.2, 0) is 4.79 Å². The Morgan fingerprint density at radius 1 is 0.800 bits per heavy atom. The highest BCUT2D eigenvalue weighted by molar-refractivity contribution is 5.73. The van der Waals surface area contributed by atoms with E-state index in [2.05, 4.69) is 43.4 Å². The lowest BCUT2D eigenvalue weighted by atomic mass is 10.1. The topological polar surface area (TPSA) is 43.1 Å². The van der Waals surface area contributed by atoms with E-state index in [1.54, 1.807) is 0 Å². The van der Waals surface area contributed by atoms with Crippen molar-refractivity contribution in [1.82, 2.24) is 0 Å². The van der Waals surface area contributed by atoms with Crippen molar-refractivity contribution < 1.29 is 4.79 Å². The monoisotopic (exact) mass is 277 g/mol. The van der Waals surface area contributed by atoms with Crippen LogP contribution in [0.25, 0.3) is 0 Å². The van der Waals surface area contributed by atoms with E-state index in [-0.39, 0.29) is 5.91 Å². The Hall–Kier alpha value is -1.31. The molecule has 0 fully saturated rings. The van der Waals surface area contributed by atoms with Crippen LogP contribution < -0.4 is 5.73 Å². The van der Waals surface area contributed by atoms with Gasteiger partial charge in [-0.05, 0) is 44.9 Å². The van der Waals surface area contributed by atoms with Crippen molar-refractivity contribution in [3.63, 3.8) is 0 Å².